The van der Waals surface area contributed by atoms with Crippen LogP contribution in [0.3, 0.4) is 0 Å². The number of nitrogens with one attached hydrogen (secondary N) is 1. The summed E-state index contributed by atoms with van der Waals surface area (Å²) < 4.78 is 1.71. The second kappa shape index (κ2) is 8.55. The van der Waals surface area contributed by atoms with Crippen LogP contribution in [0.25, 0.3) is 0 Å². The first-order chi connectivity index (χ1) is 14.5. The highest BCUT2D eigenvalue weighted by Crippen LogP contribution is 2.29. The summed E-state index contributed by atoms with van der Waals surface area (Å²) in [4.78, 5) is 17.7. The molecule has 1 fully saturated rings. The molecule has 0 atom stereocenters. The first-order valence-electron chi connectivity index (χ1n) is 9.65. The van der Waals surface area contributed by atoms with Gasteiger partial charge in [-0.1, -0.05) is 11.6 Å². The molecule has 30 heavy (non-hydrogen) atoms. The van der Waals surface area contributed by atoms with Crippen LogP contribution in [-0.2, 0) is 7.05 Å². The first-order valence-corrected chi connectivity index (χ1v) is 10.0. The molecule has 0 amide bonds. The Labute approximate surface area is 179 Å². The van der Waals surface area contributed by atoms with Gasteiger partial charge >= 0.3 is 0 Å². The van der Waals surface area contributed by atoms with Crippen molar-refractivity contribution < 1.29 is 0 Å². The molecule has 0 aliphatic carbocycles. The molecule has 154 valence electrons. The van der Waals surface area contributed by atoms with E-state index in [-0.39, 0.29) is 0 Å². The number of rotatable bonds is 5. The van der Waals surface area contributed by atoms with Gasteiger partial charge < -0.3 is 15.1 Å². The van der Waals surface area contributed by atoms with E-state index in [1.807, 2.05) is 26.4 Å². The van der Waals surface area contributed by atoms with Gasteiger partial charge in [0.2, 0.25) is 5.95 Å². The number of nitrogens with zero attached hydrogens (tertiary/aromatic N) is 8. The minimum absolute atomic E-state index is 0.304. The number of aromatic nitrogens is 5. The molecule has 0 bridgehead atoms. The molecule has 0 saturated carbocycles. The second-order valence-electron chi connectivity index (χ2n) is 7.24. The number of nitriles is 1. The van der Waals surface area contributed by atoms with E-state index in [0.717, 1.165) is 37.4 Å². The normalized spacial score (nSPS) is 14.4. The van der Waals surface area contributed by atoms with Gasteiger partial charge in [0.15, 0.2) is 5.82 Å². The van der Waals surface area contributed by atoms with Gasteiger partial charge in [0.05, 0.1) is 23.6 Å². The largest absolute Gasteiger partial charge is 0.356 e. The molecular weight excluding hydrogens is 402 g/mol. The number of pyridine rings is 1. The molecule has 0 radical (unpaired) electrons. The third-order valence-corrected chi connectivity index (χ3v) is 5.50. The minimum Gasteiger partial charge on any atom is -0.356 e. The van der Waals surface area contributed by atoms with E-state index in [4.69, 9.17) is 16.9 Å². The van der Waals surface area contributed by atoms with E-state index in [1.165, 1.54) is 0 Å². The van der Waals surface area contributed by atoms with Crippen LogP contribution in [0, 0.1) is 11.3 Å². The minimum atomic E-state index is 0.304. The lowest BCUT2D eigenvalue weighted by molar-refractivity contribution is 0.478. The van der Waals surface area contributed by atoms with Crippen LogP contribution in [0.1, 0.15) is 18.4 Å². The van der Waals surface area contributed by atoms with E-state index in [1.54, 1.807) is 29.3 Å². The third kappa shape index (κ3) is 4.28. The molecule has 4 rings (SSSR count). The summed E-state index contributed by atoms with van der Waals surface area (Å²) in [5.41, 5.74) is 1.39. The van der Waals surface area contributed by atoms with Crippen LogP contribution in [0.5, 0.6) is 0 Å². The van der Waals surface area contributed by atoms with Crippen molar-refractivity contribution in [1.29, 1.82) is 5.26 Å². The maximum Gasteiger partial charge on any atom is 0.229 e. The van der Waals surface area contributed by atoms with Crippen LogP contribution in [0.4, 0.5) is 23.3 Å². The Balaban J connectivity index is 1.42. The molecule has 4 heterocycles. The lowest BCUT2D eigenvalue weighted by Gasteiger charge is -2.38. The summed E-state index contributed by atoms with van der Waals surface area (Å²) in [6.45, 7) is 1.74. The summed E-state index contributed by atoms with van der Waals surface area (Å²) in [5, 5.41) is 16.7. The van der Waals surface area contributed by atoms with Crippen molar-refractivity contribution in [3.8, 4) is 6.07 Å². The Bertz CT molecular complexity index is 1050. The van der Waals surface area contributed by atoms with Gasteiger partial charge in [0.1, 0.15) is 16.9 Å². The lowest BCUT2D eigenvalue weighted by atomic mass is 10.0. The quantitative estimate of drug-likeness (QED) is 0.668. The van der Waals surface area contributed by atoms with E-state index in [2.05, 4.69) is 41.2 Å². The van der Waals surface area contributed by atoms with Gasteiger partial charge in [-0.05, 0) is 25.0 Å². The van der Waals surface area contributed by atoms with Crippen molar-refractivity contribution in [3.05, 3.63) is 47.5 Å². The standard InChI is InChI=1S/C20H22ClN9/c1-28-13-15(11-25-28)26-20-24-12-17(21)19(27-20)29(2)16-5-7-30(8-6-16)18-4-3-14(9-22)10-23-18/h3-4,10-13,16H,5-8H2,1-2H3,(H,24,26,27). The van der Waals surface area contributed by atoms with E-state index in [0.29, 0.717) is 28.4 Å². The molecule has 0 spiro atoms. The van der Waals surface area contributed by atoms with Gasteiger partial charge in [-0.15, -0.1) is 0 Å². The second-order valence-corrected chi connectivity index (χ2v) is 7.65. The average Bonchev–Trinajstić information content (AvgIpc) is 3.19. The molecule has 1 saturated heterocycles. The molecular formula is C20H22ClN9. The highest BCUT2D eigenvalue weighted by molar-refractivity contribution is 6.32. The van der Waals surface area contributed by atoms with Gasteiger partial charge in [-0.25, -0.2) is 9.97 Å². The first kappa shape index (κ1) is 19.9. The van der Waals surface area contributed by atoms with Crippen LogP contribution < -0.4 is 15.1 Å². The number of piperidine rings is 1. The Kier molecular flexibility index (Phi) is 5.68. The van der Waals surface area contributed by atoms with Gasteiger partial charge in [0, 0.05) is 45.6 Å². The molecule has 10 heteroatoms. The van der Waals surface area contributed by atoms with Crippen molar-refractivity contribution in [1.82, 2.24) is 24.7 Å². The third-order valence-electron chi connectivity index (χ3n) is 5.23. The van der Waals surface area contributed by atoms with E-state index < -0.39 is 0 Å². The zero-order valence-electron chi connectivity index (χ0n) is 16.8. The van der Waals surface area contributed by atoms with Crippen LogP contribution in [0.2, 0.25) is 5.02 Å². The Morgan fingerprint density at radius 1 is 1.20 bits per heavy atom. The molecule has 0 aromatic carbocycles. The smallest absolute Gasteiger partial charge is 0.229 e. The van der Waals surface area contributed by atoms with Crippen molar-refractivity contribution in [2.45, 2.75) is 18.9 Å². The van der Waals surface area contributed by atoms with Gasteiger partial charge in [0.25, 0.3) is 0 Å². The summed E-state index contributed by atoms with van der Waals surface area (Å²) in [5.74, 6) is 2.08. The highest BCUT2D eigenvalue weighted by Gasteiger charge is 2.25. The number of hydrogen-bond acceptors (Lipinski definition) is 8. The average molecular weight is 424 g/mol. The van der Waals surface area contributed by atoms with Crippen molar-refractivity contribution in [3.63, 3.8) is 0 Å². The molecule has 1 N–H and O–H groups in total. The van der Waals surface area contributed by atoms with E-state index in [9.17, 15) is 0 Å². The van der Waals surface area contributed by atoms with E-state index >= 15 is 0 Å². The molecule has 1 aliphatic rings. The monoisotopic (exact) mass is 423 g/mol. The fourth-order valence-corrected chi connectivity index (χ4v) is 3.80. The molecule has 3 aromatic heterocycles. The predicted octanol–water partition coefficient (Wildman–Crippen LogP) is 2.98. The maximum atomic E-state index is 8.93. The molecule has 9 nitrogen and oxygen atoms in total. The Hall–Kier alpha value is -3.38. The van der Waals surface area contributed by atoms with Crippen molar-refractivity contribution in [2.75, 3.05) is 35.3 Å². The Morgan fingerprint density at radius 2 is 2.00 bits per heavy atom. The lowest BCUT2D eigenvalue weighted by Crippen LogP contribution is -2.44. The number of aryl methyl sites for hydroxylation is 1. The van der Waals surface area contributed by atoms with Crippen molar-refractivity contribution >= 4 is 34.9 Å². The van der Waals surface area contributed by atoms with Crippen molar-refractivity contribution in [2.24, 2.45) is 7.05 Å². The zero-order valence-corrected chi connectivity index (χ0v) is 17.6. The van der Waals surface area contributed by atoms with Gasteiger partial charge in [-0.3, -0.25) is 4.68 Å². The van der Waals surface area contributed by atoms with Crippen LogP contribution in [0.15, 0.2) is 36.9 Å². The zero-order chi connectivity index (χ0) is 21.1. The highest BCUT2D eigenvalue weighted by atomic mass is 35.5. The topological polar surface area (TPSA) is 98.8 Å². The van der Waals surface area contributed by atoms with Gasteiger partial charge in [-0.2, -0.15) is 15.3 Å². The Morgan fingerprint density at radius 3 is 2.63 bits per heavy atom. The number of anilines is 4. The molecule has 1 aliphatic heterocycles. The fourth-order valence-electron chi connectivity index (χ4n) is 3.58. The summed E-state index contributed by atoms with van der Waals surface area (Å²) in [6, 6.07) is 6.11. The fraction of sp³-hybridized carbons (Fsp3) is 0.350. The summed E-state index contributed by atoms with van der Waals surface area (Å²) in [6.07, 6.45) is 8.70. The molecule has 3 aromatic rings. The van der Waals surface area contributed by atoms with Crippen LogP contribution >= 0.6 is 11.6 Å². The van der Waals surface area contributed by atoms with Crippen LogP contribution in [-0.4, -0.2) is 50.9 Å². The molecule has 0 unspecified atom stereocenters. The SMILES string of the molecule is CN(c1nc(Nc2cnn(C)c2)ncc1Cl)C1CCN(c2ccc(C#N)cn2)CC1. The summed E-state index contributed by atoms with van der Waals surface area (Å²) >= 11 is 6.41. The maximum absolute atomic E-state index is 8.93. The number of hydrogen-bond donors (Lipinski definition) is 1. The number of halogens is 1. The predicted molar refractivity (Wildman–Crippen MR) is 116 cm³/mol. The summed E-state index contributed by atoms with van der Waals surface area (Å²) in [7, 11) is 3.87.